The molecule has 16 heteroatoms. The molecular formula is C31H36F6N6O4. The van der Waals surface area contributed by atoms with E-state index in [4.69, 9.17) is 4.74 Å². The first kappa shape index (κ1) is 34.2. The number of alkyl halides is 6. The van der Waals surface area contributed by atoms with Crippen molar-refractivity contribution in [3.8, 4) is 0 Å². The number of hydrazone groups is 1. The van der Waals surface area contributed by atoms with Gasteiger partial charge in [0.05, 0.1) is 23.1 Å². The van der Waals surface area contributed by atoms with E-state index in [0.29, 0.717) is 57.2 Å². The summed E-state index contributed by atoms with van der Waals surface area (Å²) in [6.07, 6.45) is -3.80. The number of likely N-dealkylation sites (N-methyl/N-ethyl adjacent to an activating group) is 1. The highest BCUT2D eigenvalue weighted by molar-refractivity contribution is 5.71. The van der Waals surface area contributed by atoms with Crippen LogP contribution in [0.1, 0.15) is 73.6 Å². The van der Waals surface area contributed by atoms with Gasteiger partial charge in [-0.1, -0.05) is 6.92 Å². The molecule has 0 radical (unpaired) electrons. The smallest absolute Gasteiger partial charge is 0.416 e. The molecule has 5 rings (SSSR count). The summed E-state index contributed by atoms with van der Waals surface area (Å²) in [6, 6.07) is 0.565. The molecule has 3 aliphatic rings. The zero-order valence-corrected chi connectivity index (χ0v) is 25.8. The van der Waals surface area contributed by atoms with Gasteiger partial charge in [-0.3, -0.25) is 9.80 Å². The van der Waals surface area contributed by atoms with Crippen molar-refractivity contribution in [2.45, 2.75) is 88.5 Å². The van der Waals surface area contributed by atoms with Crippen LogP contribution in [-0.2, 0) is 28.4 Å². The number of benzene rings is 1. The van der Waals surface area contributed by atoms with Crippen molar-refractivity contribution in [3.05, 3.63) is 52.8 Å². The molecule has 1 saturated heterocycles. The number of aliphatic carboxylic acids is 1. The van der Waals surface area contributed by atoms with Crippen molar-refractivity contribution in [1.29, 1.82) is 0 Å². The van der Waals surface area contributed by atoms with Crippen LogP contribution in [0.25, 0.3) is 0 Å². The summed E-state index contributed by atoms with van der Waals surface area (Å²) in [4.78, 5) is 36.7. The van der Waals surface area contributed by atoms with Crippen molar-refractivity contribution in [2.24, 2.45) is 11.0 Å². The van der Waals surface area contributed by atoms with Gasteiger partial charge in [0, 0.05) is 57.2 Å². The van der Waals surface area contributed by atoms with E-state index in [1.54, 1.807) is 35.6 Å². The van der Waals surface area contributed by atoms with Crippen molar-refractivity contribution in [2.75, 3.05) is 25.0 Å². The fraction of sp³-hybridized carbons (Fsp3) is 0.581. The van der Waals surface area contributed by atoms with Gasteiger partial charge in [0.15, 0.2) is 0 Å². The lowest BCUT2D eigenvalue weighted by Gasteiger charge is -2.31. The molecule has 2 aromatic rings. The standard InChI is InChI=1S/C31H36F6N6O4/c1-3-24-11-25(17-43(24)29(46)47-26-6-4-19(5-7-26)27(44)45)42(28-38-12-20(13-39-28)21-14-40-41(2)16-21)15-18-8-22(30(32,33)34)10-23(9-18)31(35,36)37/h8-10,12-14,19,21,24-26H,3-7,11,15-17H2,1-2H3,(H,44,45)/t19-,21?,24-,25+,26-/m1/s1. The van der Waals surface area contributed by atoms with Crippen LogP contribution in [0.2, 0.25) is 0 Å². The normalized spacial score (nSPS) is 24.9. The van der Waals surface area contributed by atoms with Crippen LogP contribution in [0.5, 0.6) is 0 Å². The number of ether oxygens (including phenoxy) is 1. The zero-order valence-electron chi connectivity index (χ0n) is 25.8. The Kier molecular flexibility index (Phi) is 9.87. The minimum absolute atomic E-state index is 0.0675. The van der Waals surface area contributed by atoms with E-state index in [-0.39, 0.29) is 42.6 Å². The van der Waals surface area contributed by atoms with Crippen LogP contribution in [-0.4, -0.2) is 81.6 Å². The molecule has 2 fully saturated rings. The van der Waals surface area contributed by atoms with Crippen molar-refractivity contribution >= 4 is 24.2 Å². The molecule has 1 amide bonds. The average Bonchev–Trinajstić information content (AvgIpc) is 3.66. The fourth-order valence-electron chi connectivity index (χ4n) is 6.47. The second-order valence-electron chi connectivity index (χ2n) is 12.4. The molecule has 1 aromatic carbocycles. The third-order valence-electron chi connectivity index (χ3n) is 9.08. The van der Waals surface area contributed by atoms with Gasteiger partial charge in [-0.25, -0.2) is 14.8 Å². The van der Waals surface area contributed by atoms with E-state index >= 15 is 0 Å². The molecule has 3 atom stereocenters. The zero-order chi connectivity index (χ0) is 34.1. The van der Waals surface area contributed by atoms with Crippen molar-refractivity contribution < 1.29 is 45.8 Å². The number of carbonyl (C=O) groups excluding carboxylic acids is 1. The van der Waals surface area contributed by atoms with Gasteiger partial charge in [0.25, 0.3) is 0 Å². The molecule has 1 N–H and O–H groups in total. The van der Waals surface area contributed by atoms with E-state index < -0.39 is 53.6 Å². The number of aromatic nitrogens is 2. The minimum Gasteiger partial charge on any atom is -0.481 e. The molecule has 0 bridgehead atoms. The lowest BCUT2D eigenvalue weighted by molar-refractivity contribution is -0.144. The summed E-state index contributed by atoms with van der Waals surface area (Å²) >= 11 is 0. The Labute approximate surface area is 267 Å². The Balaban J connectivity index is 1.42. The lowest BCUT2D eigenvalue weighted by atomic mass is 9.87. The molecule has 256 valence electrons. The molecule has 1 aromatic heterocycles. The van der Waals surface area contributed by atoms with E-state index in [2.05, 4.69) is 15.1 Å². The molecular weight excluding hydrogens is 634 g/mol. The number of nitrogens with zero attached hydrogens (tertiary/aromatic N) is 6. The van der Waals surface area contributed by atoms with E-state index in [0.717, 1.165) is 5.56 Å². The number of hydrogen-bond acceptors (Lipinski definition) is 8. The maximum absolute atomic E-state index is 13.7. The Morgan fingerprint density at radius 1 is 0.979 bits per heavy atom. The van der Waals surface area contributed by atoms with Gasteiger partial charge < -0.3 is 19.6 Å². The maximum atomic E-state index is 13.7. The number of amides is 1. The van der Waals surface area contributed by atoms with E-state index in [1.807, 2.05) is 6.92 Å². The van der Waals surface area contributed by atoms with Crippen LogP contribution >= 0.6 is 0 Å². The van der Waals surface area contributed by atoms with Gasteiger partial charge in [-0.15, -0.1) is 0 Å². The number of likely N-dealkylation sites (tertiary alicyclic amines) is 1. The van der Waals surface area contributed by atoms with Gasteiger partial charge in [0.2, 0.25) is 5.95 Å². The molecule has 0 spiro atoms. The SMILES string of the molecule is CC[C@@H]1C[C@H](N(Cc2cc(C(F)(F)F)cc(C(F)(F)F)c2)c2ncc(C3C=NN(C)C3)cn2)CN1C(=O)O[C@H]1CC[C@H](C(=O)O)CC1. The fourth-order valence-corrected chi connectivity index (χ4v) is 6.47. The number of carboxylic acid groups (broad SMARTS) is 1. The molecule has 1 aliphatic carbocycles. The summed E-state index contributed by atoms with van der Waals surface area (Å²) in [6.45, 7) is 2.14. The average molecular weight is 671 g/mol. The largest absolute Gasteiger partial charge is 0.481 e. The van der Waals surface area contributed by atoms with Crippen LogP contribution in [0, 0.1) is 5.92 Å². The van der Waals surface area contributed by atoms with Gasteiger partial charge in [0.1, 0.15) is 6.10 Å². The van der Waals surface area contributed by atoms with Crippen LogP contribution < -0.4 is 4.90 Å². The Morgan fingerprint density at radius 2 is 1.60 bits per heavy atom. The lowest BCUT2D eigenvalue weighted by Crippen LogP contribution is -2.42. The Morgan fingerprint density at radius 3 is 2.11 bits per heavy atom. The highest BCUT2D eigenvalue weighted by atomic mass is 19.4. The molecule has 10 nitrogen and oxygen atoms in total. The van der Waals surface area contributed by atoms with Crippen LogP contribution in [0.4, 0.5) is 37.1 Å². The molecule has 1 unspecified atom stereocenters. The summed E-state index contributed by atoms with van der Waals surface area (Å²) < 4.78 is 88.0. The van der Waals surface area contributed by atoms with Gasteiger partial charge >= 0.3 is 24.4 Å². The third-order valence-corrected chi connectivity index (χ3v) is 9.08. The number of carboxylic acids is 1. The summed E-state index contributed by atoms with van der Waals surface area (Å²) in [5.74, 6) is -1.37. The first-order valence-corrected chi connectivity index (χ1v) is 15.4. The quantitative estimate of drug-likeness (QED) is 0.332. The minimum atomic E-state index is -5.01. The molecule has 47 heavy (non-hydrogen) atoms. The highest BCUT2D eigenvalue weighted by Crippen LogP contribution is 2.38. The summed E-state index contributed by atoms with van der Waals surface area (Å²) in [5, 5.41) is 15.2. The molecule has 1 saturated carbocycles. The summed E-state index contributed by atoms with van der Waals surface area (Å²) in [5.41, 5.74) is -2.36. The van der Waals surface area contributed by atoms with Crippen LogP contribution in [0.15, 0.2) is 35.7 Å². The number of rotatable bonds is 8. The maximum Gasteiger partial charge on any atom is 0.416 e. The van der Waals surface area contributed by atoms with Crippen LogP contribution in [0.3, 0.4) is 0 Å². The number of halogens is 6. The van der Waals surface area contributed by atoms with E-state index in [9.17, 15) is 41.0 Å². The summed E-state index contributed by atoms with van der Waals surface area (Å²) in [7, 11) is 1.81. The highest BCUT2D eigenvalue weighted by Gasteiger charge is 2.41. The second kappa shape index (κ2) is 13.6. The number of carbonyl (C=O) groups is 2. The van der Waals surface area contributed by atoms with Crippen molar-refractivity contribution in [1.82, 2.24) is 19.9 Å². The monoisotopic (exact) mass is 670 g/mol. The molecule has 2 aliphatic heterocycles. The number of anilines is 1. The van der Waals surface area contributed by atoms with Crippen molar-refractivity contribution in [3.63, 3.8) is 0 Å². The predicted molar refractivity (Wildman–Crippen MR) is 158 cm³/mol. The predicted octanol–water partition coefficient (Wildman–Crippen LogP) is 6.17. The first-order chi connectivity index (χ1) is 22.1. The van der Waals surface area contributed by atoms with Gasteiger partial charge in [-0.05, 0) is 67.9 Å². The first-order valence-electron chi connectivity index (χ1n) is 15.4. The topological polar surface area (TPSA) is 111 Å². The molecule has 3 heterocycles. The Bertz CT molecular complexity index is 1430. The third kappa shape index (κ3) is 8.07. The van der Waals surface area contributed by atoms with Gasteiger partial charge in [-0.2, -0.15) is 31.4 Å². The Hall–Kier alpha value is -4.11. The number of hydrogen-bond donors (Lipinski definition) is 1. The van der Waals surface area contributed by atoms with E-state index in [1.165, 1.54) is 4.90 Å². The second-order valence-corrected chi connectivity index (χ2v) is 12.4.